The van der Waals surface area contributed by atoms with Crippen LogP contribution in [0.1, 0.15) is 46.5 Å². The first-order valence-corrected chi connectivity index (χ1v) is 4.54. The fourth-order valence-electron chi connectivity index (χ4n) is 0.933. The van der Waals surface area contributed by atoms with Crippen molar-refractivity contribution in [1.29, 1.82) is 0 Å². The number of aliphatic hydroxyl groups excluding tert-OH is 1. The highest BCUT2D eigenvalue weighted by Crippen LogP contribution is 2.06. The lowest BCUT2D eigenvalue weighted by Gasteiger charge is -2.05. The first-order chi connectivity index (χ1) is 5.20. The number of hydrogen-bond donors (Lipinski definition) is 1. The maximum Gasteiger partial charge on any atom is 0.0574 e. The number of rotatable bonds is 5. The van der Waals surface area contributed by atoms with Crippen molar-refractivity contribution >= 4 is 0 Å². The summed E-state index contributed by atoms with van der Waals surface area (Å²) in [4.78, 5) is 0. The van der Waals surface area contributed by atoms with Gasteiger partial charge >= 0.3 is 0 Å². The fraction of sp³-hybridized carbons (Fsp3) is 0.800. The molecule has 0 aromatic rings. The molecule has 0 aliphatic heterocycles. The topological polar surface area (TPSA) is 20.2 Å². The second-order valence-corrected chi connectivity index (χ2v) is 3.08. The smallest absolute Gasteiger partial charge is 0.0574 e. The third-order valence-electron chi connectivity index (χ3n) is 1.92. The maximum absolute atomic E-state index is 9.35. The first kappa shape index (κ1) is 10.7. The Morgan fingerprint density at radius 3 is 2.55 bits per heavy atom. The summed E-state index contributed by atoms with van der Waals surface area (Å²) in [6.07, 6.45) is 5.93. The Bertz CT molecular complexity index is 116. The van der Waals surface area contributed by atoms with Crippen molar-refractivity contribution in [2.45, 2.75) is 52.6 Å². The van der Waals surface area contributed by atoms with E-state index in [1.165, 1.54) is 5.57 Å². The first-order valence-electron chi connectivity index (χ1n) is 4.54. The summed E-state index contributed by atoms with van der Waals surface area (Å²) in [6.45, 7) is 6.34. The van der Waals surface area contributed by atoms with Crippen molar-refractivity contribution in [1.82, 2.24) is 0 Å². The fourth-order valence-corrected chi connectivity index (χ4v) is 0.933. The Hall–Kier alpha value is -0.300. The lowest BCUT2D eigenvalue weighted by molar-refractivity contribution is 0.166. The van der Waals surface area contributed by atoms with E-state index in [0.29, 0.717) is 0 Å². The highest BCUT2D eigenvalue weighted by Gasteiger charge is 1.98. The molecule has 0 radical (unpaired) electrons. The minimum absolute atomic E-state index is 0.124. The van der Waals surface area contributed by atoms with Crippen LogP contribution in [0.25, 0.3) is 0 Å². The molecule has 1 unspecified atom stereocenters. The summed E-state index contributed by atoms with van der Waals surface area (Å²) in [7, 11) is 0. The second-order valence-electron chi connectivity index (χ2n) is 3.08. The van der Waals surface area contributed by atoms with Crippen LogP contribution in [0.3, 0.4) is 0 Å². The van der Waals surface area contributed by atoms with Crippen molar-refractivity contribution in [2.75, 3.05) is 0 Å². The molecule has 0 aromatic carbocycles. The zero-order chi connectivity index (χ0) is 8.69. The highest BCUT2D eigenvalue weighted by molar-refractivity contribution is 4.97. The molecule has 0 aliphatic rings. The summed E-state index contributed by atoms with van der Waals surface area (Å²) >= 11 is 0. The van der Waals surface area contributed by atoms with Gasteiger partial charge in [-0.3, -0.25) is 0 Å². The molecule has 11 heavy (non-hydrogen) atoms. The van der Waals surface area contributed by atoms with E-state index in [4.69, 9.17) is 0 Å². The molecule has 0 rings (SSSR count). The molecule has 0 saturated carbocycles. The zero-order valence-corrected chi connectivity index (χ0v) is 7.93. The Balaban J connectivity index is 3.50. The van der Waals surface area contributed by atoms with Gasteiger partial charge in [0, 0.05) is 0 Å². The third-order valence-corrected chi connectivity index (χ3v) is 1.92. The van der Waals surface area contributed by atoms with Gasteiger partial charge in [-0.15, -0.1) is 0 Å². The van der Waals surface area contributed by atoms with E-state index >= 15 is 0 Å². The number of allylic oxidation sites excluding steroid dienone is 1. The lowest BCUT2D eigenvalue weighted by atomic mass is 10.1. The van der Waals surface area contributed by atoms with E-state index in [9.17, 15) is 5.11 Å². The lowest BCUT2D eigenvalue weighted by Crippen LogP contribution is -2.03. The maximum atomic E-state index is 9.35. The van der Waals surface area contributed by atoms with Crippen LogP contribution in [-0.2, 0) is 0 Å². The molecular weight excluding hydrogens is 136 g/mol. The Kier molecular flexibility index (Phi) is 6.24. The van der Waals surface area contributed by atoms with Crippen molar-refractivity contribution in [3.05, 3.63) is 11.6 Å². The van der Waals surface area contributed by atoms with Gasteiger partial charge in [0.25, 0.3) is 0 Å². The third kappa shape index (κ3) is 6.11. The Morgan fingerprint density at radius 2 is 2.09 bits per heavy atom. The van der Waals surface area contributed by atoms with Crippen molar-refractivity contribution in [3.63, 3.8) is 0 Å². The van der Waals surface area contributed by atoms with E-state index in [1.54, 1.807) is 0 Å². The summed E-state index contributed by atoms with van der Waals surface area (Å²) in [5, 5.41) is 9.35. The standard InChI is InChI=1S/C10H20O/c1-4-6-10(11)8-7-9(3)5-2/h7,10-11H,4-6,8H2,1-3H3. The Morgan fingerprint density at radius 1 is 1.45 bits per heavy atom. The summed E-state index contributed by atoms with van der Waals surface area (Å²) < 4.78 is 0. The van der Waals surface area contributed by atoms with Crippen LogP contribution in [0.2, 0.25) is 0 Å². The molecule has 1 nitrogen and oxygen atoms in total. The van der Waals surface area contributed by atoms with Crippen molar-refractivity contribution in [2.24, 2.45) is 0 Å². The van der Waals surface area contributed by atoms with Gasteiger partial charge in [-0.25, -0.2) is 0 Å². The average Bonchev–Trinajstić information content (AvgIpc) is 2.01. The van der Waals surface area contributed by atoms with Gasteiger partial charge in [0.15, 0.2) is 0 Å². The van der Waals surface area contributed by atoms with Crippen molar-refractivity contribution < 1.29 is 5.11 Å². The molecule has 0 bridgehead atoms. The summed E-state index contributed by atoms with van der Waals surface area (Å²) in [6, 6.07) is 0. The molecule has 0 fully saturated rings. The quantitative estimate of drug-likeness (QED) is 0.607. The molecule has 0 saturated heterocycles. The second kappa shape index (κ2) is 6.41. The van der Waals surface area contributed by atoms with Crippen LogP contribution in [0.4, 0.5) is 0 Å². The van der Waals surface area contributed by atoms with Gasteiger partial charge in [-0.1, -0.05) is 31.9 Å². The van der Waals surface area contributed by atoms with Gasteiger partial charge in [0.2, 0.25) is 0 Å². The minimum atomic E-state index is -0.124. The number of aliphatic hydroxyl groups is 1. The molecule has 1 N–H and O–H groups in total. The number of hydrogen-bond acceptors (Lipinski definition) is 1. The molecule has 66 valence electrons. The van der Waals surface area contributed by atoms with E-state index in [0.717, 1.165) is 25.7 Å². The van der Waals surface area contributed by atoms with Gasteiger partial charge < -0.3 is 5.11 Å². The molecule has 0 aliphatic carbocycles. The van der Waals surface area contributed by atoms with Gasteiger partial charge in [0.1, 0.15) is 0 Å². The Labute approximate surface area is 70.1 Å². The van der Waals surface area contributed by atoms with Crippen LogP contribution in [0.5, 0.6) is 0 Å². The SMILES string of the molecule is CCCC(O)CC=C(C)CC. The largest absolute Gasteiger partial charge is 0.393 e. The van der Waals surface area contributed by atoms with Crippen LogP contribution in [0, 0.1) is 0 Å². The average molecular weight is 156 g/mol. The summed E-state index contributed by atoms with van der Waals surface area (Å²) in [5.74, 6) is 0. The predicted octanol–water partition coefficient (Wildman–Crippen LogP) is 2.89. The molecule has 0 amide bonds. The van der Waals surface area contributed by atoms with Crippen molar-refractivity contribution in [3.8, 4) is 0 Å². The molecule has 1 heteroatoms. The zero-order valence-electron chi connectivity index (χ0n) is 7.93. The monoisotopic (exact) mass is 156 g/mol. The van der Waals surface area contributed by atoms with E-state index in [1.807, 2.05) is 0 Å². The van der Waals surface area contributed by atoms with Crippen LogP contribution in [0.15, 0.2) is 11.6 Å². The summed E-state index contributed by atoms with van der Waals surface area (Å²) in [5.41, 5.74) is 1.38. The molecule has 0 aromatic heterocycles. The molecule has 0 spiro atoms. The highest BCUT2D eigenvalue weighted by atomic mass is 16.3. The van der Waals surface area contributed by atoms with Gasteiger partial charge in [0.05, 0.1) is 6.10 Å². The van der Waals surface area contributed by atoms with E-state index in [2.05, 4.69) is 26.8 Å². The normalized spacial score (nSPS) is 15.1. The molecular formula is C10H20O. The molecule has 1 atom stereocenters. The van der Waals surface area contributed by atoms with E-state index < -0.39 is 0 Å². The predicted molar refractivity (Wildman–Crippen MR) is 49.6 cm³/mol. The van der Waals surface area contributed by atoms with Crippen LogP contribution in [-0.4, -0.2) is 11.2 Å². The van der Waals surface area contributed by atoms with Crippen LogP contribution >= 0.6 is 0 Å². The van der Waals surface area contributed by atoms with Crippen LogP contribution < -0.4 is 0 Å². The van der Waals surface area contributed by atoms with Gasteiger partial charge in [-0.2, -0.15) is 0 Å². The van der Waals surface area contributed by atoms with Gasteiger partial charge in [-0.05, 0) is 26.2 Å². The molecule has 0 heterocycles. The minimum Gasteiger partial charge on any atom is -0.393 e. The van der Waals surface area contributed by atoms with E-state index in [-0.39, 0.29) is 6.10 Å².